The molecular weight excluding hydrogens is 1430 g/mol. The molecule has 7 aliphatic rings. The summed E-state index contributed by atoms with van der Waals surface area (Å²) in [6.07, 6.45) is 6.83. The summed E-state index contributed by atoms with van der Waals surface area (Å²) in [7, 11) is 4.55. The third kappa shape index (κ3) is 16.1. The molecule has 2 saturated heterocycles. The van der Waals surface area contributed by atoms with Crippen molar-refractivity contribution in [2.45, 2.75) is 174 Å². The van der Waals surface area contributed by atoms with Crippen molar-refractivity contribution in [3.8, 4) is 51.4 Å². The molecule has 1 spiro atoms. The highest BCUT2D eigenvalue weighted by atomic mass is 16.6. The van der Waals surface area contributed by atoms with E-state index in [0.29, 0.717) is 91.2 Å². The van der Waals surface area contributed by atoms with Gasteiger partial charge < -0.3 is 63.8 Å². The van der Waals surface area contributed by atoms with Gasteiger partial charge in [-0.2, -0.15) is 0 Å². The highest BCUT2D eigenvalue weighted by Gasteiger charge is 2.58. The molecule has 6 aliphatic heterocycles. The minimum Gasteiger partial charge on any atom is -0.493 e. The molecule has 8 heterocycles. The van der Waals surface area contributed by atoms with E-state index in [1.165, 1.54) is 31.3 Å². The maximum absolute atomic E-state index is 14.6. The van der Waals surface area contributed by atoms with Crippen LogP contribution in [0.15, 0.2) is 122 Å². The number of fused-ring (bicyclic) bond motifs is 9. The molecule has 112 heavy (non-hydrogen) atoms. The minimum absolute atomic E-state index is 0.0166. The second kappa shape index (κ2) is 33.2. The third-order valence-corrected chi connectivity index (χ3v) is 22.9. The number of carbonyl (C=O) groups is 9. The Labute approximate surface area is 649 Å². The second-order valence-corrected chi connectivity index (χ2v) is 30.5. The number of aliphatic hydroxyl groups is 1. The molecule has 1 aliphatic carbocycles. The average Bonchev–Trinajstić information content (AvgIpc) is 1.56. The lowest BCUT2D eigenvalue weighted by atomic mass is 9.91. The number of hydrogen-bond acceptors (Lipinski definition) is 19. The number of benzene rings is 5. The molecule has 586 valence electrons. The molecule has 27 heteroatoms. The van der Waals surface area contributed by atoms with Crippen LogP contribution >= 0.6 is 0 Å². The Balaban J connectivity index is 0.557. The molecule has 2 aromatic heterocycles. The summed E-state index contributed by atoms with van der Waals surface area (Å²) in [5.74, 6) is -1.24. The van der Waals surface area contributed by atoms with E-state index in [0.717, 1.165) is 68.9 Å². The summed E-state index contributed by atoms with van der Waals surface area (Å²) in [4.78, 5) is 138. The van der Waals surface area contributed by atoms with E-state index in [-0.39, 0.29) is 140 Å². The van der Waals surface area contributed by atoms with Gasteiger partial charge in [0.1, 0.15) is 24.1 Å². The number of nitrogens with zero attached hydrogens (tertiary/aromatic N) is 9. The van der Waals surface area contributed by atoms with E-state index >= 15 is 0 Å². The Morgan fingerprint density at radius 3 is 2.15 bits per heavy atom. The quantitative estimate of drug-likeness (QED) is 0.0384. The van der Waals surface area contributed by atoms with Gasteiger partial charge in [-0.15, -0.1) is 5.10 Å². The van der Waals surface area contributed by atoms with Crippen LogP contribution in [0.2, 0.25) is 0 Å². The van der Waals surface area contributed by atoms with Crippen molar-refractivity contribution in [3.63, 3.8) is 0 Å². The Bertz CT molecular complexity index is 4820. The number of para-hydroxylation sites is 1. The maximum atomic E-state index is 14.6. The number of carbonyl (C=O) groups excluding carboxylic acids is 9. The number of pyridine rings is 1. The summed E-state index contributed by atoms with van der Waals surface area (Å²) in [6, 6.07) is 30.1. The van der Waals surface area contributed by atoms with Crippen LogP contribution in [0.25, 0.3) is 28.1 Å². The van der Waals surface area contributed by atoms with Crippen LogP contribution < -0.4 is 44.1 Å². The van der Waals surface area contributed by atoms with Crippen LogP contribution in [0, 0.1) is 11.3 Å². The highest BCUT2D eigenvalue weighted by molar-refractivity contribution is 6.07. The predicted octanol–water partition coefficient (Wildman–Crippen LogP) is 10.6. The molecule has 0 bridgehead atoms. The number of rotatable bonds is 28. The first-order valence-electron chi connectivity index (χ1n) is 38.7. The van der Waals surface area contributed by atoms with E-state index in [2.05, 4.69) is 25.9 Å². The summed E-state index contributed by atoms with van der Waals surface area (Å²) in [6.45, 7) is 8.42. The lowest BCUT2D eigenvalue weighted by Gasteiger charge is -2.31. The first kappa shape index (κ1) is 77.3. The molecule has 14 rings (SSSR count). The lowest BCUT2D eigenvalue weighted by Crippen LogP contribution is -2.54. The SMILES string of the molecule is CC[C@H](C)[C@H](NC(=O)[C@H]1CCCN1C(=O)CNC(=O)CCC(=O)CCC(=O)N1Cc2ccccc2-c2nnn(C(C)C)c2-c2ccccc21)C(=O)Cc1ccc(COC(=O)N2c3cc(OCCCOc4cc5c(cc4OC)C(=O)N4C=C(c6ccc(OC)nc6)C[C@H]4CC5)c(OC)cc3C(=O)N3CC4(CC4)C[C@H]3C2O)cc1. The summed E-state index contributed by atoms with van der Waals surface area (Å²) in [5.41, 5.74) is 9.33. The minimum atomic E-state index is -1.49. The summed E-state index contributed by atoms with van der Waals surface area (Å²) >= 11 is 0. The van der Waals surface area contributed by atoms with Crippen LogP contribution in [0.4, 0.5) is 16.2 Å². The van der Waals surface area contributed by atoms with Crippen LogP contribution in [-0.4, -0.2) is 177 Å². The van der Waals surface area contributed by atoms with Crippen LogP contribution in [0.3, 0.4) is 0 Å². The fraction of sp³-hybridized carbons (Fsp3) is 0.435. The highest BCUT2D eigenvalue weighted by Crippen LogP contribution is 2.57. The molecule has 6 atom stereocenters. The zero-order valence-electron chi connectivity index (χ0n) is 64.2. The van der Waals surface area contributed by atoms with Gasteiger partial charge in [-0.3, -0.25) is 38.4 Å². The summed E-state index contributed by atoms with van der Waals surface area (Å²) in [5, 5.41) is 26.9. The molecule has 1 saturated carbocycles. The Kier molecular flexibility index (Phi) is 22.9. The number of nitrogens with one attached hydrogen (secondary N) is 2. The number of anilines is 2. The van der Waals surface area contributed by atoms with Gasteiger partial charge in [0, 0.05) is 105 Å². The predicted molar refractivity (Wildman–Crippen MR) is 413 cm³/mol. The van der Waals surface area contributed by atoms with Crippen LogP contribution in [0.1, 0.15) is 166 Å². The standard InChI is InChI=1S/C85H95N11O16/c1-8-51(4)77(88-80(102)65-19-13-34-91(65)76(101)45-86-73(99)29-27-59(97)28-31-75(100)93-46-56-15-9-10-16-60(56)78-79(96(50(2)3)90-89-78)61-17-11-12-18-64(61)93)68(98)37-52-20-22-53(23-21-52)48-112-84(106)95-66-42-72(70(108-6)41-63(66)82(104)94-49-85(32-33-85)43-67(94)83(95)105)111-36-14-35-110-71-39-54-24-26-58-38-57(55-25-30-74(109-7)87-44-55)47-92(58)81(103)62(54)40-69(71)107-5/h9-12,15-18,20-23,25,30,39-42,44,47,50-51,58,65,67,77,83,105H,8,13-14,19,24,26-29,31-38,43,45-46,48-49H2,1-7H3,(H,86,99)(H,88,102)/t51-,58+,65+,67-,77-,83?/m0/s1. The van der Waals surface area contributed by atoms with Gasteiger partial charge >= 0.3 is 6.09 Å². The van der Waals surface area contributed by atoms with Crippen molar-refractivity contribution >= 4 is 70.1 Å². The molecule has 27 nitrogen and oxygen atoms in total. The third-order valence-electron chi connectivity index (χ3n) is 22.9. The number of Topliss-reactive ketones (excluding diaryl/α,β-unsaturated/α-hetero) is 2. The topological polar surface area (TPSA) is 313 Å². The molecule has 1 unspecified atom stereocenters. The Morgan fingerprint density at radius 2 is 1.44 bits per heavy atom. The zero-order chi connectivity index (χ0) is 78.6. The number of aliphatic hydroxyl groups excluding tert-OH is 1. The maximum Gasteiger partial charge on any atom is 0.416 e. The van der Waals surface area contributed by atoms with Gasteiger partial charge in [-0.1, -0.05) is 92.2 Å². The normalized spacial score (nSPS) is 18.9. The van der Waals surface area contributed by atoms with Crippen molar-refractivity contribution in [2.24, 2.45) is 11.3 Å². The van der Waals surface area contributed by atoms with E-state index in [1.807, 2.05) is 104 Å². The zero-order valence-corrected chi connectivity index (χ0v) is 64.2. The number of ketones is 2. The van der Waals surface area contributed by atoms with Crippen LogP contribution in [-0.2, 0) is 59.5 Å². The van der Waals surface area contributed by atoms with Gasteiger partial charge in [0.15, 0.2) is 35.0 Å². The molecule has 5 aromatic carbocycles. The second-order valence-electron chi connectivity index (χ2n) is 30.5. The van der Waals surface area contributed by atoms with E-state index < -0.39 is 54.7 Å². The van der Waals surface area contributed by atoms with Crippen LogP contribution in [0.5, 0.6) is 28.9 Å². The Morgan fingerprint density at radius 1 is 0.723 bits per heavy atom. The first-order valence-corrected chi connectivity index (χ1v) is 38.7. The first-order chi connectivity index (χ1) is 54.1. The van der Waals surface area contributed by atoms with Gasteiger partial charge in [0.05, 0.1) is 82.3 Å². The number of aromatic nitrogens is 4. The molecule has 3 N–H and O–H groups in total. The van der Waals surface area contributed by atoms with E-state index in [1.54, 1.807) is 59.5 Å². The Hall–Kier alpha value is -11.5. The average molecular weight is 1530 g/mol. The van der Waals surface area contributed by atoms with Gasteiger partial charge in [-0.25, -0.2) is 19.4 Å². The lowest BCUT2D eigenvalue weighted by molar-refractivity contribution is -0.139. The number of methoxy groups -OCH3 is 3. The number of amides is 7. The monoisotopic (exact) mass is 1530 g/mol. The molecular formula is C85H95N11O16. The fourth-order valence-electron chi connectivity index (χ4n) is 16.3. The molecule has 7 aromatic rings. The van der Waals surface area contributed by atoms with Crippen molar-refractivity contribution in [1.29, 1.82) is 0 Å². The number of ether oxygens (including phenoxy) is 6. The molecule has 3 fully saturated rings. The largest absolute Gasteiger partial charge is 0.493 e. The van der Waals surface area contributed by atoms with Gasteiger partial charge in [0.2, 0.25) is 29.5 Å². The fourth-order valence-corrected chi connectivity index (χ4v) is 16.3. The smallest absolute Gasteiger partial charge is 0.416 e. The van der Waals surface area contributed by atoms with Crippen molar-refractivity contribution in [2.75, 3.05) is 64.0 Å². The van der Waals surface area contributed by atoms with Crippen molar-refractivity contribution < 1.29 is 76.7 Å². The van der Waals surface area contributed by atoms with Crippen molar-refractivity contribution in [3.05, 3.63) is 161 Å². The molecule has 0 radical (unpaired) electrons. The van der Waals surface area contributed by atoms with E-state index in [9.17, 15) is 48.3 Å². The summed E-state index contributed by atoms with van der Waals surface area (Å²) < 4.78 is 37.3. The molecule has 7 amide bonds. The number of hydrogen-bond donors (Lipinski definition) is 3. The van der Waals surface area contributed by atoms with Crippen molar-refractivity contribution in [1.82, 2.24) is 45.3 Å². The number of likely N-dealkylation sites (tertiary alicyclic amines) is 1. The van der Waals surface area contributed by atoms with Gasteiger partial charge in [-0.05, 0) is 140 Å². The van der Waals surface area contributed by atoms with E-state index in [4.69, 9.17) is 28.4 Å². The number of aryl methyl sites for hydroxylation is 1. The van der Waals surface area contributed by atoms with Gasteiger partial charge in [0.25, 0.3) is 11.8 Å².